The summed E-state index contributed by atoms with van der Waals surface area (Å²) in [5.74, 6) is -0.787. The van der Waals surface area contributed by atoms with Gasteiger partial charge in [-0.05, 0) is 34.5 Å². The van der Waals surface area contributed by atoms with Crippen LogP contribution in [0.5, 0.6) is 0 Å². The molecule has 3 rings (SSSR count). The molecule has 96 valence electrons. The average molecular weight is 253 g/mol. The van der Waals surface area contributed by atoms with E-state index in [9.17, 15) is 4.79 Å². The molecule has 0 saturated carbocycles. The van der Waals surface area contributed by atoms with Gasteiger partial charge < -0.3 is 10.4 Å². The molecule has 2 N–H and O–H groups in total. The van der Waals surface area contributed by atoms with Gasteiger partial charge in [0.15, 0.2) is 0 Å². The van der Waals surface area contributed by atoms with E-state index >= 15 is 0 Å². The number of carboxylic acid groups (broad SMARTS) is 1. The van der Waals surface area contributed by atoms with Crippen LogP contribution in [0, 0.1) is 0 Å². The van der Waals surface area contributed by atoms with Crippen LogP contribution in [0.3, 0.4) is 0 Å². The van der Waals surface area contributed by atoms with Gasteiger partial charge in [0.25, 0.3) is 0 Å². The van der Waals surface area contributed by atoms with E-state index in [0.717, 1.165) is 12.0 Å². The molecule has 0 saturated heterocycles. The number of carbonyl (C=O) groups is 1. The summed E-state index contributed by atoms with van der Waals surface area (Å²) in [5, 5.41) is 14.3. The Kier molecular flexibility index (Phi) is 2.95. The molecule has 3 heteroatoms. The lowest BCUT2D eigenvalue weighted by molar-refractivity contribution is -0.138. The molecule has 3 nitrogen and oxygen atoms in total. The fraction of sp³-hybridized carbons (Fsp3) is 0.188. The summed E-state index contributed by atoms with van der Waals surface area (Å²) in [5.41, 5.74) is 2.36. The quantitative estimate of drug-likeness (QED) is 0.884. The van der Waals surface area contributed by atoms with Gasteiger partial charge in [0.1, 0.15) is 6.04 Å². The van der Waals surface area contributed by atoms with Crippen LogP contribution in [-0.2, 0) is 11.2 Å². The van der Waals surface area contributed by atoms with E-state index in [0.29, 0.717) is 6.42 Å². The van der Waals surface area contributed by atoms with Crippen LogP contribution in [-0.4, -0.2) is 17.1 Å². The van der Waals surface area contributed by atoms with Crippen molar-refractivity contribution in [3.63, 3.8) is 0 Å². The Hall–Kier alpha value is -2.29. The molecule has 1 aliphatic rings. The minimum absolute atomic E-state index is 0.463. The molecule has 1 aliphatic heterocycles. The Balaban J connectivity index is 1.77. The second kappa shape index (κ2) is 4.76. The van der Waals surface area contributed by atoms with E-state index in [4.69, 9.17) is 5.11 Å². The predicted octanol–water partition coefficient (Wildman–Crippen LogP) is 2.71. The highest BCUT2D eigenvalue weighted by Gasteiger charge is 2.22. The third-order valence-electron chi connectivity index (χ3n) is 3.50. The maximum Gasteiger partial charge on any atom is 0.326 e. The lowest BCUT2D eigenvalue weighted by atomic mass is 9.99. The molecule has 1 unspecified atom stereocenters. The van der Waals surface area contributed by atoms with Crippen molar-refractivity contribution < 1.29 is 9.90 Å². The van der Waals surface area contributed by atoms with Crippen molar-refractivity contribution in [3.05, 3.63) is 59.8 Å². The summed E-state index contributed by atoms with van der Waals surface area (Å²) in [4.78, 5) is 10.9. The first-order valence-electron chi connectivity index (χ1n) is 6.37. The summed E-state index contributed by atoms with van der Waals surface area (Å²) >= 11 is 0. The topological polar surface area (TPSA) is 49.3 Å². The van der Waals surface area contributed by atoms with E-state index < -0.39 is 12.0 Å². The Morgan fingerprint density at radius 2 is 2.00 bits per heavy atom. The van der Waals surface area contributed by atoms with Crippen molar-refractivity contribution in [2.75, 3.05) is 0 Å². The molecule has 2 aromatic rings. The van der Waals surface area contributed by atoms with Crippen LogP contribution in [0.4, 0.5) is 0 Å². The summed E-state index contributed by atoms with van der Waals surface area (Å²) in [6, 6.07) is 14.2. The average Bonchev–Trinajstić information content (AvgIpc) is 2.87. The van der Waals surface area contributed by atoms with Crippen LogP contribution < -0.4 is 5.32 Å². The number of aliphatic carboxylic acids is 1. The highest BCUT2D eigenvalue weighted by Crippen LogP contribution is 2.21. The van der Waals surface area contributed by atoms with Gasteiger partial charge in [-0.3, -0.25) is 0 Å². The van der Waals surface area contributed by atoms with Gasteiger partial charge in [-0.25, -0.2) is 4.79 Å². The zero-order chi connectivity index (χ0) is 13.2. The van der Waals surface area contributed by atoms with Crippen LogP contribution >= 0.6 is 0 Å². The van der Waals surface area contributed by atoms with Crippen molar-refractivity contribution in [1.82, 2.24) is 5.32 Å². The molecular weight excluding hydrogens is 238 g/mol. The van der Waals surface area contributed by atoms with Crippen molar-refractivity contribution in [2.24, 2.45) is 0 Å². The zero-order valence-corrected chi connectivity index (χ0v) is 10.5. The van der Waals surface area contributed by atoms with Crippen molar-refractivity contribution in [1.29, 1.82) is 0 Å². The highest BCUT2D eigenvalue weighted by atomic mass is 16.4. The Bertz CT molecular complexity index is 661. The zero-order valence-electron chi connectivity index (χ0n) is 10.5. The standard InChI is InChI=1S/C16H15NO2/c18-16(19)15-9-12(10-17-15)7-11-5-6-13-3-1-2-4-14(13)8-11/h1-6,8,10,15,17H,7,9H2,(H,18,19). The molecule has 0 aromatic heterocycles. The van der Waals surface area contributed by atoms with Gasteiger partial charge in [-0.1, -0.05) is 42.5 Å². The number of rotatable bonds is 3. The predicted molar refractivity (Wildman–Crippen MR) is 74.9 cm³/mol. The van der Waals surface area contributed by atoms with Crippen molar-refractivity contribution >= 4 is 16.7 Å². The van der Waals surface area contributed by atoms with Gasteiger partial charge in [-0.2, -0.15) is 0 Å². The summed E-state index contributed by atoms with van der Waals surface area (Å²) in [6.45, 7) is 0. The van der Waals surface area contributed by atoms with Gasteiger partial charge in [0, 0.05) is 6.42 Å². The summed E-state index contributed by atoms with van der Waals surface area (Å²) in [7, 11) is 0. The molecule has 19 heavy (non-hydrogen) atoms. The Labute approximate surface area is 111 Å². The van der Waals surface area contributed by atoms with Crippen molar-refractivity contribution in [3.8, 4) is 0 Å². The largest absolute Gasteiger partial charge is 0.480 e. The maximum absolute atomic E-state index is 10.9. The Morgan fingerprint density at radius 3 is 2.74 bits per heavy atom. The monoisotopic (exact) mass is 253 g/mol. The van der Waals surface area contributed by atoms with E-state index in [2.05, 4.69) is 35.6 Å². The van der Waals surface area contributed by atoms with Crippen LogP contribution in [0.25, 0.3) is 10.8 Å². The normalized spacial score (nSPS) is 18.1. The van der Waals surface area contributed by atoms with Gasteiger partial charge in [-0.15, -0.1) is 0 Å². The SMILES string of the molecule is O=C(O)C1CC(Cc2ccc3ccccc3c2)=CN1. The minimum Gasteiger partial charge on any atom is -0.480 e. The smallest absolute Gasteiger partial charge is 0.326 e. The van der Waals surface area contributed by atoms with E-state index in [1.165, 1.54) is 16.3 Å². The van der Waals surface area contributed by atoms with Crippen LogP contribution in [0.1, 0.15) is 12.0 Å². The molecule has 0 amide bonds. The first kappa shape index (κ1) is 11.8. The number of hydrogen-bond acceptors (Lipinski definition) is 2. The third-order valence-corrected chi connectivity index (χ3v) is 3.50. The third kappa shape index (κ3) is 2.45. The summed E-state index contributed by atoms with van der Waals surface area (Å²) in [6.07, 6.45) is 3.23. The molecule has 0 aliphatic carbocycles. The summed E-state index contributed by atoms with van der Waals surface area (Å²) < 4.78 is 0. The molecule has 0 spiro atoms. The van der Waals surface area contributed by atoms with E-state index in [-0.39, 0.29) is 0 Å². The molecule has 2 aromatic carbocycles. The number of hydrogen-bond donors (Lipinski definition) is 2. The molecule has 0 bridgehead atoms. The second-order valence-corrected chi connectivity index (χ2v) is 4.92. The fourth-order valence-electron chi connectivity index (χ4n) is 2.49. The van der Waals surface area contributed by atoms with Gasteiger partial charge in [0.2, 0.25) is 0 Å². The van der Waals surface area contributed by atoms with E-state index in [1.54, 1.807) is 0 Å². The molecule has 1 heterocycles. The van der Waals surface area contributed by atoms with Gasteiger partial charge in [0.05, 0.1) is 0 Å². The number of nitrogens with one attached hydrogen (secondary N) is 1. The minimum atomic E-state index is -0.787. The van der Waals surface area contributed by atoms with E-state index in [1.807, 2.05) is 18.3 Å². The number of fused-ring (bicyclic) bond motifs is 1. The first-order chi connectivity index (χ1) is 9.22. The molecule has 1 atom stereocenters. The highest BCUT2D eigenvalue weighted by molar-refractivity contribution is 5.83. The fourth-order valence-corrected chi connectivity index (χ4v) is 2.49. The van der Waals surface area contributed by atoms with Crippen LogP contribution in [0.15, 0.2) is 54.2 Å². The lowest BCUT2D eigenvalue weighted by Crippen LogP contribution is -2.28. The molecule has 0 radical (unpaired) electrons. The number of benzene rings is 2. The number of carboxylic acids is 1. The first-order valence-corrected chi connectivity index (χ1v) is 6.37. The maximum atomic E-state index is 10.9. The van der Waals surface area contributed by atoms with Gasteiger partial charge >= 0.3 is 5.97 Å². The lowest BCUT2D eigenvalue weighted by Gasteiger charge is -2.06. The molecular formula is C16H15NO2. The van der Waals surface area contributed by atoms with Crippen LogP contribution in [0.2, 0.25) is 0 Å². The Morgan fingerprint density at radius 1 is 1.21 bits per heavy atom. The second-order valence-electron chi connectivity index (χ2n) is 4.92. The van der Waals surface area contributed by atoms with Crippen molar-refractivity contribution in [2.45, 2.75) is 18.9 Å². The molecule has 0 fully saturated rings.